The molecule has 0 aromatic carbocycles. The van der Waals surface area contributed by atoms with Gasteiger partial charge in [-0.1, -0.05) is 0 Å². The summed E-state index contributed by atoms with van der Waals surface area (Å²) in [4.78, 5) is 1.36. The molecule has 0 spiro atoms. The summed E-state index contributed by atoms with van der Waals surface area (Å²) in [5, 5.41) is 0. The van der Waals surface area contributed by atoms with E-state index in [2.05, 4.69) is 0 Å². The van der Waals surface area contributed by atoms with Crippen molar-refractivity contribution in [2.24, 2.45) is 11.7 Å². The highest BCUT2D eigenvalue weighted by molar-refractivity contribution is 4.76. The number of hydrogen-bond donors (Lipinski definition) is 1. The molecule has 5 heteroatoms. The van der Waals surface area contributed by atoms with Crippen LogP contribution in [0, 0.1) is 5.92 Å². The van der Waals surface area contributed by atoms with Crippen LogP contribution >= 0.6 is 0 Å². The molecule has 0 heterocycles. The molecule has 15 heavy (non-hydrogen) atoms. The largest absolute Gasteiger partial charge is 0.401 e. The number of nitrogens with zero attached hydrogens (tertiary/aromatic N) is 1. The second-order valence-electron chi connectivity index (χ2n) is 4.59. The molecule has 2 nitrogen and oxygen atoms in total. The van der Waals surface area contributed by atoms with Gasteiger partial charge in [-0.25, -0.2) is 0 Å². The van der Waals surface area contributed by atoms with Crippen LogP contribution in [0.3, 0.4) is 0 Å². The van der Waals surface area contributed by atoms with Gasteiger partial charge in [-0.15, -0.1) is 0 Å². The lowest BCUT2D eigenvalue weighted by Crippen LogP contribution is -2.37. The maximum Gasteiger partial charge on any atom is 0.401 e. The van der Waals surface area contributed by atoms with Crippen molar-refractivity contribution < 1.29 is 13.2 Å². The quantitative estimate of drug-likeness (QED) is 0.794. The molecule has 1 aliphatic rings. The summed E-state index contributed by atoms with van der Waals surface area (Å²) in [5.74, 6) is 0.386. The lowest BCUT2D eigenvalue weighted by Gasteiger charge is -2.29. The Balaban J connectivity index is 2.23. The predicted octanol–water partition coefficient (Wildman–Crippen LogP) is 2.00. The second-order valence-corrected chi connectivity index (χ2v) is 4.59. The third-order valence-corrected chi connectivity index (χ3v) is 2.91. The Morgan fingerprint density at radius 1 is 1.20 bits per heavy atom. The molecule has 0 saturated heterocycles. The van der Waals surface area contributed by atoms with E-state index in [1.807, 2.05) is 0 Å². The molecular weight excluding hydrogens is 205 g/mol. The summed E-state index contributed by atoms with van der Waals surface area (Å²) in [6, 6.07) is 0.258. The SMILES string of the molecule is CN(CC1CCC(N)CC1)CC(F)(F)F. The van der Waals surface area contributed by atoms with E-state index in [4.69, 9.17) is 5.73 Å². The van der Waals surface area contributed by atoms with E-state index in [0.717, 1.165) is 25.7 Å². The first kappa shape index (κ1) is 12.8. The first-order valence-corrected chi connectivity index (χ1v) is 5.37. The minimum atomic E-state index is -4.08. The predicted molar refractivity (Wildman–Crippen MR) is 53.5 cm³/mol. The van der Waals surface area contributed by atoms with Crippen molar-refractivity contribution in [2.45, 2.75) is 37.9 Å². The maximum atomic E-state index is 12.1. The summed E-state index contributed by atoms with van der Waals surface area (Å²) < 4.78 is 36.2. The van der Waals surface area contributed by atoms with Crippen molar-refractivity contribution >= 4 is 0 Å². The van der Waals surface area contributed by atoms with Crippen molar-refractivity contribution in [3.63, 3.8) is 0 Å². The number of nitrogens with two attached hydrogens (primary N) is 1. The zero-order valence-corrected chi connectivity index (χ0v) is 9.06. The molecule has 0 aromatic rings. The maximum absolute atomic E-state index is 12.1. The van der Waals surface area contributed by atoms with E-state index < -0.39 is 12.7 Å². The Morgan fingerprint density at radius 2 is 1.73 bits per heavy atom. The fourth-order valence-electron chi connectivity index (χ4n) is 2.18. The lowest BCUT2D eigenvalue weighted by atomic mass is 9.86. The van der Waals surface area contributed by atoms with Crippen LogP contribution in [0.5, 0.6) is 0 Å². The third kappa shape index (κ3) is 5.37. The standard InChI is InChI=1S/C10H19F3N2/c1-15(7-10(11,12)13)6-8-2-4-9(14)5-3-8/h8-9H,2-7,14H2,1H3. The molecule has 1 rings (SSSR count). The molecule has 0 radical (unpaired) electrons. The molecule has 0 amide bonds. The Morgan fingerprint density at radius 3 is 2.20 bits per heavy atom. The minimum Gasteiger partial charge on any atom is -0.328 e. The first-order chi connectivity index (χ1) is 6.87. The number of rotatable bonds is 3. The summed E-state index contributed by atoms with van der Waals surface area (Å²) in [5.41, 5.74) is 5.74. The Labute approximate surface area is 88.6 Å². The summed E-state index contributed by atoms with van der Waals surface area (Å²) in [6.45, 7) is -0.276. The van der Waals surface area contributed by atoms with E-state index in [0.29, 0.717) is 12.5 Å². The van der Waals surface area contributed by atoms with Gasteiger partial charge in [0, 0.05) is 12.6 Å². The van der Waals surface area contributed by atoms with Crippen LogP contribution in [-0.4, -0.2) is 37.3 Å². The summed E-state index contributed by atoms with van der Waals surface area (Å²) in [6.07, 6.45) is -0.262. The van der Waals surface area contributed by atoms with Crippen molar-refractivity contribution in [1.82, 2.24) is 4.90 Å². The van der Waals surface area contributed by atoms with Crippen LogP contribution in [0.1, 0.15) is 25.7 Å². The molecule has 90 valence electrons. The van der Waals surface area contributed by atoms with Crippen molar-refractivity contribution in [3.05, 3.63) is 0 Å². The van der Waals surface area contributed by atoms with Crippen LogP contribution < -0.4 is 5.73 Å². The average Bonchev–Trinajstić information content (AvgIpc) is 2.05. The van der Waals surface area contributed by atoms with Crippen LogP contribution in [0.2, 0.25) is 0 Å². The van der Waals surface area contributed by atoms with Crippen LogP contribution in [0.25, 0.3) is 0 Å². The zero-order valence-electron chi connectivity index (χ0n) is 9.06. The zero-order chi connectivity index (χ0) is 11.5. The van der Waals surface area contributed by atoms with Crippen molar-refractivity contribution in [3.8, 4) is 0 Å². The minimum absolute atomic E-state index is 0.258. The molecule has 2 N–H and O–H groups in total. The Bertz CT molecular complexity index is 186. The smallest absolute Gasteiger partial charge is 0.328 e. The fraction of sp³-hybridized carbons (Fsp3) is 1.00. The van der Waals surface area contributed by atoms with Crippen LogP contribution in [0.15, 0.2) is 0 Å². The molecule has 0 aliphatic heterocycles. The highest BCUT2D eigenvalue weighted by Gasteiger charge is 2.30. The molecule has 1 saturated carbocycles. The molecule has 1 aliphatic carbocycles. The van der Waals surface area contributed by atoms with Gasteiger partial charge >= 0.3 is 6.18 Å². The van der Waals surface area contributed by atoms with Crippen molar-refractivity contribution in [1.29, 1.82) is 0 Å². The lowest BCUT2D eigenvalue weighted by molar-refractivity contribution is -0.144. The van der Waals surface area contributed by atoms with E-state index >= 15 is 0 Å². The van der Waals surface area contributed by atoms with E-state index in [1.54, 1.807) is 0 Å². The average molecular weight is 224 g/mol. The van der Waals surface area contributed by atoms with E-state index in [1.165, 1.54) is 11.9 Å². The van der Waals surface area contributed by atoms with Gasteiger partial charge in [-0.2, -0.15) is 13.2 Å². The highest BCUT2D eigenvalue weighted by atomic mass is 19.4. The second kappa shape index (κ2) is 5.16. The fourth-order valence-corrected chi connectivity index (χ4v) is 2.18. The molecule has 0 atom stereocenters. The van der Waals surface area contributed by atoms with Gasteiger partial charge in [0.05, 0.1) is 6.54 Å². The van der Waals surface area contributed by atoms with Gasteiger partial charge in [-0.3, -0.25) is 4.90 Å². The van der Waals surface area contributed by atoms with Gasteiger partial charge in [0.15, 0.2) is 0 Å². The van der Waals surface area contributed by atoms with Gasteiger partial charge in [0.1, 0.15) is 0 Å². The normalized spacial score (nSPS) is 28.4. The molecule has 0 aromatic heterocycles. The van der Waals surface area contributed by atoms with Crippen molar-refractivity contribution in [2.75, 3.05) is 20.1 Å². The van der Waals surface area contributed by atoms with Crippen LogP contribution in [0.4, 0.5) is 13.2 Å². The highest BCUT2D eigenvalue weighted by Crippen LogP contribution is 2.24. The monoisotopic (exact) mass is 224 g/mol. The summed E-state index contributed by atoms with van der Waals surface area (Å²) in [7, 11) is 1.53. The Hall–Kier alpha value is -0.290. The Kier molecular flexibility index (Phi) is 4.40. The van der Waals surface area contributed by atoms with Gasteiger partial charge in [0.25, 0.3) is 0 Å². The summed E-state index contributed by atoms with van der Waals surface area (Å²) >= 11 is 0. The van der Waals surface area contributed by atoms with Gasteiger partial charge in [0.2, 0.25) is 0 Å². The molecule has 0 bridgehead atoms. The van der Waals surface area contributed by atoms with Crippen LogP contribution in [-0.2, 0) is 0 Å². The number of halogens is 3. The third-order valence-electron chi connectivity index (χ3n) is 2.91. The van der Waals surface area contributed by atoms with Gasteiger partial charge < -0.3 is 5.73 Å². The topological polar surface area (TPSA) is 29.3 Å². The molecular formula is C10H19F3N2. The van der Waals surface area contributed by atoms with E-state index in [-0.39, 0.29) is 6.04 Å². The van der Waals surface area contributed by atoms with E-state index in [9.17, 15) is 13.2 Å². The number of hydrogen-bond acceptors (Lipinski definition) is 2. The first-order valence-electron chi connectivity index (χ1n) is 5.37. The van der Waals surface area contributed by atoms with Gasteiger partial charge in [-0.05, 0) is 38.6 Å². The molecule has 1 fully saturated rings. The molecule has 0 unspecified atom stereocenters. The number of alkyl halides is 3.